The first-order chi connectivity index (χ1) is 12.7. The van der Waals surface area contributed by atoms with E-state index in [2.05, 4.69) is 55.0 Å². The molecule has 1 aliphatic heterocycles. The molecule has 1 aliphatic rings. The van der Waals surface area contributed by atoms with Crippen LogP contribution < -0.4 is 0 Å². The van der Waals surface area contributed by atoms with Crippen molar-refractivity contribution in [2.75, 3.05) is 12.5 Å². The molecule has 132 valence electrons. The van der Waals surface area contributed by atoms with Gasteiger partial charge in [-0.25, -0.2) is 0 Å². The van der Waals surface area contributed by atoms with E-state index in [0.29, 0.717) is 5.56 Å². The molecule has 0 spiro atoms. The fourth-order valence-corrected chi connectivity index (χ4v) is 7.26. The van der Waals surface area contributed by atoms with Gasteiger partial charge in [-0.1, -0.05) is 84.2 Å². The van der Waals surface area contributed by atoms with Crippen molar-refractivity contribution in [2.45, 2.75) is 0 Å². The Bertz CT molecular complexity index is 844. The van der Waals surface area contributed by atoms with Crippen molar-refractivity contribution >= 4 is 71.6 Å². The van der Waals surface area contributed by atoms with Crippen LogP contribution in [0.25, 0.3) is 18.2 Å². The predicted molar refractivity (Wildman–Crippen MR) is 124 cm³/mol. The van der Waals surface area contributed by atoms with Gasteiger partial charge in [0.2, 0.25) is 0 Å². The molecule has 5 heteroatoms. The summed E-state index contributed by atoms with van der Waals surface area (Å²) in [6, 6.07) is 16.1. The van der Waals surface area contributed by atoms with Crippen molar-refractivity contribution in [1.29, 1.82) is 0 Å². The minimum absolute atomic E-state index is 0.700. The van der Waals surface area contributed by atoms with E-state index in [-0.39, 0.29) is 0 Å². The molecule has 2 aromatic carbocycles. The van der Waals surface area contributed by atoms with E-state index >= 15 is 0 Å². The molecule has 0 radical (unpaired) electrons. The van der Waals surface area contributed by atoms with Crippen LogP contribution >= 0.6 is 47.0 Å². The summed E-state index contributed by atoms with van der Waals surface area (Å²) in [4.78, 5) is 10.7. The lowest BCUT2D eigenvalue weighted by Gasteiger charge is -1.99. The third-order valence-electron chi connectivity index (χ3n) is 3.69. The molecule has 0 atom stereocenters. The van der Waals surface area contributed by atoms with E-state index in [1.807, 2.05) is 71.3 Å². The van der Waals surface area contributed by atoms with Gasteiger partial charge in [-0.2, -0.15) is 0 Å². The second-order valence-electron chi connectivity index (χ2n) is 5.44. The molecule has 0 aliphatic carbocycles. The van der Waals surface area contributed by atoms with Gasteiger partial charge in [0, 0.05) is 5.56 Å². The maximum absolute atomic E-state index is 10.7. The van der Waals surface area contributed by atoms with Gasteiger partial charge in [0.25, 0.3) is 0 Å². The number of carbonyl (C=O) groups is 1. The van der Waals surface area contributed by atoms with Crippen LogP contribution in [0.2, 0.25) is 0 Å². The van der Waals surface area contributed by atoms with Crippen LogP contribution in [0.5, 0.6) is 0 Å². The SMILES string of the molecule is CSC1=C(SC)SC(=Cc2ccc(/C=C\c3ccc(C=O)cc3)cc2)S1. The standard InChI is InChI=1S/C21H18OS4/c1-23-20-21(24-2)26-19(25-20)13-17-9-5-15(6-10-17)3-4-16-7-11-18(14-22)12-8-16/h3-14H,1-2H3/b4-3-. The quantitative estimate of drug-likeness (QED) is 0.363. The van der Waals surface area contributed by atoms with Crippen molar-refractivity contribution < 1.29 is 4.79 Å². The monoisotopic (exact) mass is 414 g/mol. The summed E-state index contributed by atoms with van der Waals surface area (Å²) < 4.78 is 4.13. The molecule has 0 amide bonds. The second-order valence-corrected chi connectivity index (χ2v) is 9.95. The Hall–Kier alpha value is -1.27. The smallest absolute Gasteiger partial charge is 0.150 e. The molecular formula is C21H18OS4. The fourth-order valence-electron chi connectivity index (χ4n) is 2.31. The highest BCUT2D eigenvalue weighted by atomic mass is 32.3. The van der Waals surface area contributed by atoms with Crippen molar-refractivity contribution in [2.24, 2.45) is 0 Å². The van der Waals surface area contributed by atoms with Crippen LogP contribution in [0.4, 0.5) is 0 Å². The van der Waals surface area contributed by atoms with Gasteiger partial charge < -0.3 is 0 Å². The zero-order chi connectivity index (χ0) is 18.4. The normalized spacial score (nSPS) is 14.3. The molecule has 2 aromatic rings. The molecule has 0 saturated heterocycles. The van der Waals surface area contributed by atoms with Gasteiger partial charge in [0.1, 0.15) is 6.29 Å². The number of benzene rings is 2. The Morgan fingerprint density at radius 3 is 1.54 bits per heavy atom. The summed E-state index contributed by atoms with van der Waals surface area (Å²) in [6.45, 7) is 0. The summed E-state index contributed by atoms with van der Waals surface area (Å²) in [5.74, 6) is 0. The molecule has 1 heterocycles. The Kier molecular flexibility index (Phi) is 7.20. The van der Waals surface area contributed by atoms with Crippen LogP contribution in [-0.2, 0) is 0 Å². The first-order valence-corrected chi connectivity index (χ1v) is 12.0. The first-order valence-electron chi connectivity index (χ1n) is 7.95. The number of hydrogen-bond donors (Lipinski definition) is 0. The largest absolute Gasteiger partial charge is 0.298 e. The first kappa shape index (κ1) is 19.5. The highest BCUT2D eigenvalue weighted by Gasteiger charge is 2.19. The Morgan fingerprint density at radius 2 is 1.12 bits per heavy atom. The summed E-state index contributed by atoms with van der Waals surface area (Å²) in [5, 5.41) is 0. The van der Waals surface area contributed by atoms with E-state index in [1.54, 1.807) is 0 Å². The van der Waals surface area contributed by atoms with Gasteiger partial charge >= 0.3 is 0 Å². The zero-order valence-electron chi connectivity index (χ0n) is 14.5. The summed E-state index contributed by atoms with van der Waals surface area (Å²) in [5.41, 5.74) is 4.16. The molecular weight excluding hydrogens is 396 g/mol. The van der Waals surface area contributed by atoms with Crippen LogP contribution in [0, 0.1) is 0 Å². The molecule has 1 nitrogen and oxygen atoms in total. The fraction of sp³-hybridized carbons (Fsp3) is 0.0952. The van der Waals surface area contributed by atoms with E-state index in [0.717, 1.165) is 17.4 Å². The van der Waals surface area contributed by atoms with Crippen LogP contribution in [0.15, 0.2) is 61.2 Å². The van der Waals surface area contributed by atoms with Gasteiger partial charge in [0.15, 0.2) is 0 Å². The highest BCUT2D eigenvalue weighted by molar-refractivity contribution is 8.40. The third kappa shape index (κ3) is 5.13. The molecule has 0 bridgehead atoms. The lowest BCUT2D eigenvalue weighted by atomic mass is 10.1. The molecule has 0 N–H and O–H groups in total. The van der Waals surface area contributed by atoms with Gasteiger partial charge in [-0.15, -0.1) is 23.5 Å². The Labute approximate surface area is 171 Å². The maximum atomic E-state index is 10.7. The maximum Gasteiger partial charge on any atom is 0.150 e. The van der Waals surface area contributed by atoms with Crippen LogP contribution in [0.3, 0.4) is 0 Å². The number of rotatable bonds is 6. The van der Waals surface area contributed by atoms with E-state index < -0.39 is 0 Å². The predicted octanol–water partition coefficient (Wildman–Crippen LogP) is 7.30. The van der Waals surface area contributed by atoms with Gasteiger partial charge in [-0.05, 0) is 35.3 Å². The third-order valence-corrected chi connectivity index (χ3v) is 8.77. The zero-order valence-corrected chi connectivity index (χ0v) is 17.7. The minimum atomic E-state index is 0.700. The Balaban J connectivity index is 1.66. The lowest BCUT2D eigenvalue weighted by molar-refractivity contribution is 0.112. The summed E-state index contributed by atoms with van der Waals surface area (Å²) in [7, 11) is 0. The van der Waals surface area contributed by atoms with Crippen molar-refractivity contribution in [3.05, 3.63) is 83.5 Å². The van der Waals surface area contributed by atoms with E-state index in [4.69, 9.17) is 0 Å². The van der Waals surface area contributed by atoms with Gasteiger partial charge in [0.05, 0.1) is 12.7 Å². The van der Waals surface area contributed by atoms with Gasteiger partial charge in [-0.3, -0.25) is 4.79 Å². The molecule has 0 fully saturated rings. The number of carbonyl (C=O) groups excluding carboxylic acids is 1. The lowest BCUT2D eigenvalue weighted by Crippen LogP contribution is -1.79. The van der Waals surface area contributed by atoms with E-state index in [9.17, 15) is 4.79 Å². The topological polar surface area (TPSA) is 17.1 Å². The molecule has 3 rings (SSSR count). The van der Waals surface area contributed by atoms with Crippen molar-refractivity contribution in [3.63, 3.8) is 0 Å². The average molecular weight is 415 g/mol. The minimum Gasteiger partial charge on any atom is -0.298 e. The molecule has 0 unspecified atom stereocenters. The van der Waals surface area contributed by atoms with E-state index in [1.165, 1.54) is 18.3 Å². The molecule has 0 aromatic heterocycles. The molecule has 0 saturated carbocycles. The average Bonchev–Trinajstić information content (AvgIpc) is 3.09. The summed E-state index contributed by atoms with van der Waals surface area (Å²) in [6.07, 6.45) is 11.5. The van der Waals surface area contributed by atoms with Crippen LogP contribution in [0.1, 0.15) is 27.0 Å². The number of thioether (sulfide) groups is 4. The Morgan fingerprint density at radius 1 is 0.692 bits per heavy atom. The molecule has 26 heavy (non-hydrogen) atoms. The second kappa shape index (κ2) is 9.60. The van der Waals surface area contributed by atoms with Crippen molar-refractivity contribution in [3.8, 4) is 0 Å². The van der Waals surface area contributed by atoms with Crippen molar-refractivity contribution in [1.82, 2.24) is 0 Å². The number of aldehydes is 1. The number of hydrogen-bond acceptors (Lipinski definition) is 5. The highest BCUT2D eigenvalue weighted by Crippen LogP contribution is 2.56. The summed E-state index contributed by atoms with van der Waals surface area (Å²) >= 11 is 7.36. The van der Waals surface area contributed by atoms with Crippen LogP contribution in [-0.4, -0.2) is 18.8 Å².